The molecule has 2 N–H and O–H groups in total. The zero-order valence-electron chi connectivity index (χ0n) is 19.3. The molecule has 4 rings (SSSR count). The number of anilines is 2. The maximum absolute atomic E-state index is 12.9. The highest BCUT2D eigenvalue weighted by molar-refractivity contribution is 7.92. The number of sulfonamides is 1. The third kappa shape index (κ3) is 5.64. The van der Waals surface area contributed by atoms with Gasteiger partial charge in [-0.3, -0.25) is 9.52 Å². The van der Waals surface area contributed by atoms with Crippen molar-refractivity contribution >= 4 is 38.1 Å². The summed E-state index contributed by atoms with van der Waals surface area (Å²) in [6.45, 7) is 4.30. The standard InChI is InChI=1S/C28H28N2O3S/c1-20(2)22-13-10-21(11-14-22)12-19-28(31)29-24-15-17-25(18-16-24)34(32,33)30-27-9-5-7-23-6-3-4-8-26(23)27/h3-11,13-18,20,30H,12,19H2,1-2H3,(H,29,31). The van der Waals surface area contributed by atoms with Crippen LogP contribution in [0.25, 0.3) is 10.8 Å². The Balaban J connectivity index is 1.37. The summed E-state index contributed by atoms with van der Waals surface area (Å²) >= 11 is 0. The van der Waals surface area contributed by atoms with Gasteiger partial charge in [0.15, 0.2) is 0 Å². The Labute approximate surface area is 200 Å². The summed E-state index contributed by atoms with van der Waals surface area (Å²) in [7, 11) is -3.77. The van der Waals surface area contributed by atoms with Crippen LogP contribution in [0.3, 0.4) is 0 Å². The van der Waals surface area contributed by atoms with Crippen LogP contribution < -0.4 is 10.0 Å². The van der Waals surface area contributed by atoms with E-state index >= 15 is 0 Å². The average Bonchev–Trinajstić information content (AvgIpc) is 2.83. The minimum absolute atomic E-state index is 0.113. The lowest BCUT2D eigenvalue weighted by atomic mass is 10.0. The van der Waals surface area contributed by atoms with Gasteiger partial charge < -0.3 is 5.32 Å². The lowest BCUT2D eigenvalue weighted by Crippen LogP contribution is -2.14. The number of carbonyl (C=O) groups excluding carboxylic acids is 1. The monoisotopic (exact) mass is 472 g/mol. The summed E-state index contributed by atoms with van der Waals surface area (Å²) in [6, 6.07) is 27.6. The first kappa shape index (κ1) is 23.5. The minimum atomic E-state index is -3.77. The zero-order valence-corrected chi connectivity index (χ0v) is 20.1. The van der Waals surface area contributed by atoms with Crippen LogP contribution in [0.5, 0.6) is 0 Å². The highest BCUT2D eigenvalue weighted by atomic mass is 32.2. The Hall–Kier alpha value is -3.64. The molecule has 0 radical (unpaired) electrons. The molecular formula is C28H28N2O3S. The van der Waals surface area contributed by atoms with Crippen LogP contribution in [0.15, 0.2) is 95.9 Å². The van der Waals surface area contributed by atoms with E-state index in [1.54, 1.807) is 18.2 Å². The SMILES string of the molecule is CC(C)c1ccc(CCC(=O)Nc2ccc(S(=O)(=O)Nc3cccc4ccccc34)cc2)cc1. The van der Waals surface area contributed by atoms with Crippen molar-refractivity contribution in [2.45, 2.75) is 37.5 Å². The second kappa shape index (κ2) is 10.1. The fourth-order valence-corrected chi connectivity index (χ4v) is 4.87. The molecule has 0 saturated carbocycles. The van der Waals surface area contributed by atoms with Gasteiger partial charge in [-0.15, -0.1) is 0 Å². The van der Waals surface area contributed by atoms with Gasteiger partial charge in [0.1, 0.15) is 0 Å². The first-order chi connectivity index (χ1) is 16.3. The van der Waals surface area contributed by atoms with Gasteiger partial charge >= 0.3 is 0 Å². The zero-order chi connectivity index (χ0) is 24.1. The summed E-state index contributed by atoms with van der Waals surface area (Å²) < 4.78 is 28.5. The maximum atomic E-state index is 12.9. The summed E-state index contributed by atoms with van der Waals surface area (Å²) in [4.78, 5) is 12.5. The number of aryl methyl sites for hydroxylation is 1. The van der Waals surface area contributed by atoms with E-state index < -0.39 is 10.0 Å². The number of rotatable bonds is 8. The molecule has 174 valence electrons. The first-order valence-electron chi connectivity index (χ1n) is 11.3. The van der Waals surface area contributed by atoms with E-state index in [1.165, 1.54) is 17.7 Å². The number of nitrogens with one attached hydrogen (secondary N) is 2. The predicted octanol–water partition coefficient (Wildman–Crippen LogP) is 6.34. The van der Waals surface area contributed by atoms with Gasteiger partial charge in [0.25, 0.3) is 10.0 Å². The van der Waals surface area contributed by atoms with Crippen LogP contribution in [0.4, 0.5) is 11.4 Å². The van der Waals surface area contributed by atoms with E-state index in [1.807, 2.05) is 36.4 Å². The largest absolute Gasteiger partial charge is 0.326 e. The molecule has 6 heteroatoms. The van der Waals surface area contributed by atoms with Gasteiger partial charge in [0.05, 0.1) is 10.6 Å². The molecule has 0 fully saturated rings. The second-order valence-electron chi connectivity index (χ2n) is 8.60. The molecule has 0 saturated heterocycles. The summed E-state index contributed by atoms with van der Waals surface area (Å²) in [5.41, 5.74) is 3.47. The maximum Gasteiger partial charge on any atom is 0.261 e. The molecule has 0 aliphatic rings. The van der Waals surface area contributed by atoms with Crippen LogP contribution >= 0.6 is 0 Å². The van der Waals surface area contributed by atoms with E-state index in [4.69, 9.17) is 0 Å². The van der Waals surface area contributed by atoms with Crippen molar-refractivity contribution in [1.29, 1.82) is 0 Å². The van der Waals surface area contributed by atoms with Gasteiger partial charge in [-0.05, 0) is 59.2 Å². The molecule has 0 spiro atoms. The van der Waals surface area contributed by atoms with Gasteiger partial charge in [-0.25, -0.2) is 8.42 Å². The molecule has 1 amide bonds. The van der Waals surface area contributed by atoms with E-state index in [9.17, 15) is 13.2 Å². The van der Waals surface area contributed by atoms with Gasteiger partial charge in [-0.1, -0.05) is 74.5 Å². The third-order valence-corrected chi connectivity index (χ3v) is 7.15. The number of amides is 1. The molecule has 0 atom stereocenters. The normalized spacial score (nSPS) is 11.5. The van der Waals surface area contributed by atoms with Crippen molar-refractivity contribution in [2.75, 3.05) is 10.0 Å². The van der Waals surface area contributed by atoms with Crippen molar-refractivity contribution in [1.82, 2.24) is 0 Å². The Morgan fingerprint density at radius 1 is 0.824 bits per heavy atom. The summed E-state index contributed by atoms with van der Waals surface area (Å²) in [6.07, 6.45) is 0.995. The van der Waals surface area contributed by atoms with Gasteiger partial charge in [-0.2, -0.15) is 0 Å². The number of fused-ring (bicyclic) bond motifs is 1. The van der Waals surface area contributed by atoms with E-state index in [-0.39, 0.29) is 10.8 Å². The molecule has 0 aliphatic heterocycles. The molecule has 4 aromatic carbocycles. The van der Waals surface area contributed by atoms with Gasteiger partial charge in [0, 0.05) is 17.5 Å². The predicted molar refractivity (Wildman–Crippen MR) is 139 cm³/mol. The molecule has 0 heterocycles. The highest BCUT2D eigenvalue weighted by Gasteiger charge is 2.16. The molecule has 0 aliphatic carbocycles. The highest BCUT2D eigenvalue weighted by Crippen LogP contribution is 2.26. The van der Waals surface area contributed by atoms with Crippen LogP contribution in [0, 0.1) is 0 Å². The third-order valence-electron chi connectivity index (χ3n) is 5.77. The minimum Gasteiger partial charge on any atom is -0.326 e. The van der Waals surface area contributed by atoms with Crippen molar-refractivity contribution in [3.63, 3.8) is 0 Å². The molecule has 4 aromatic rings. The van der Waals surface area contributed by atoms with E-state index in [2.05, 4.69) is 48.2 Å². The first-order valence-corrected chi connectivity index (χ1v) is 12.8. The van der Waals surface area contributed by atoms with E-state index in [0.29, 0.717) is 30.1 Å². The number of hydrogen-bond donors (Lipinski definition) is 2. The van der Waals surface area contributed by atoms with Gasteiger partial charge in [0.2, 0.25) is 5.91 Å². The Bertz CT molecular complexity index is 1390. The molecule has 0 aromatic heterocycles. The fraction of sp³-hybridized carbons (Fsp3) is 0.179. The molecule has 0 bridgehead atoms. The molecule has 34 heavy (non-hydrogen) atoms. The van der Waals surface area contributed by atoms with Crippen molar-refractivity contribution in [3.8, 4) is 0 Å². The second-order valence-corrected chi connectivity index (χ2v) is 10.3. The number of hydrogen-bond acceptors (Lipinski definition) is 3. The summed E-state index contributed by atoms with van der Waals surface area (Å²) in [5.74, 6) is 0.365. The van der Waals surface area contributed by atoms with Crippen LogP contribution in [0.1, 0.15) is 37.3 Å². The molecule has 0 unspecified atom stereocenters. The van der Waals surface area contributed by atoms with Crippen molar-refractivity contribution < 1.29 is 13.2 Å². The lowest BCUT2D eigenvalue weighted by Gasteiger charge is -2.12. The molecular weight excluding hydrogens is 444 g/mol. The number of benzene rings is 4. The topological polar surface area (TPSA) is 75.3 Å². The number of carbonyl (C=O) groups is 1. The summed E-state index contributed by atoms with van der Waals surface area (Å²) in [5, 5.41) is 4.63. The average molecular weight is 473 g/mol. The quantitative estimate of drug-likeness (QED) is 0.314. The smallest absolute Gasteiger partial charge is 0.261 e. The molecule has 5 nitrogen and oxygen atoms in total. The van der Waals surface area contributed by atoms with Crippen LogP contribution in [-0.4, -0.2) is 14.3 Å². The van der Waals surface area contributed by atoms with Crippen LogP contribution in [-0.2, 0) is 21.2 Å². The Morgan fingerprint density at radius 2 is 1.50 bits per heavy atom. The van der Waals surface area contributed by atoms with E-state index in [0.717, 1.165) is 16.3 Å². The van der Waals surface area contributed by atoms with Crippen LogP contribution in [0.2, 0.25) is 0 Å². The lowest BCUT2D eigenvalue weighted by molar-refractivity contribution is -0.116. The Morgan fingerprint density at radius 3 is 2.21 bits per heavy atom. The van der Waals surface area contributed by atoms with Crippen molar-refractivity contribution in [2.24, 2.45) is 0 Å². The Kier molecular flexibility index (Phi) is 6.98. The fourth-order valence-electron chi connectivity index (χ4n) is 3.79. The van der Waals surface area contributed by atoms with Crippen molar-refractivity contribution in [3.05, 3.63) is 102 Å².